The topological polar surface area (TPSA) is 42.9 Å². The fourth-order valence-electron chi connectivity index (χ4n) is 4.44. The van der Waals surface area contributed by atoms with Gasteiger partial charge in [0.15, 0.2) is 5.96 Å². The monoisotopic (exact) mass is 335 g/mol. The van der Waals surface area contributed by atoms with Crippen LogP contribution in [0.2, 0.25) is 0 Å². The van der Waals surface area contributed by atoms with Crippen molar-refractivity contribution in [3.05, 3.63) is 0 Å². The highest BCUT2D eigenvalue weighted by atomic mass is 15.3. The lowest BCUT2D eigenvalue weighted by atomic mass is 10.2. The lowest BCUT2D eigenvalue weighted by Crippen LogP contribution is -2.45. The molecule has 0 spiro atoms. The molecule has 1 saturated heterocycles. The van der Waals surface area contributed by atoms with E-state index in [4.69, 9.17) is 4.99 Å². The van der Waals surface area contributed by atoms with E-state index in [9.17, 15) is 0 Å². The van der Waals surface area contributed by atoms with Crippen molar-refractivity contribution < 1.29 is 0 Å². The Labute approximate surface area is 148 Å². The molecule has 1 heterocycles. The number of nitrogens with one attached hydrogen (secondary N) is 2. The van der Waals surface area contributed by atoms with Gasteiger partial charge >= 0.3 is 0 Å². The minimum Gasteiger partial charge on any atom is -0.357 e. The molecule has 3 fully saturated rings. The molecule has 5 heteroatoms. The molecule has 2 unspecified atom stereocenters. The largest absolute Gasteiger partial charge is 0.357 e. The van der Waals surface area contributed by atoms with Crippen LogP contribution in [0.5, 0.6) is 0 Å². The van der Waals surface area contributed by atoms with Crippen LogP contribution >= 0.6 is 0 Å². The number of guanidine groups is 1. The summed E-state index contributed by atoms with van der Waals surface area (Å²) in [4.78, 5) is 10.0. The van der Waals surface area contributed by atoms with Crippen LogP contribution in [0, 0.1) is 0 Å². The van der Waals surface area contributed by atoms with Gasteiger partial charge in [0.2, 0.25) is 0 Å². The summed E-state index contributed by atoms with van der Waals surface area (Å²) in [6.07, 6.45) is 9.59. The van der Waals surface area contributed by atoms with Crippen LogP contribution in [-0.2, 0) is 0 Å². The Hall–Kier alpha value is -0.810. The zero-order chi connectivity index (χ0) is 16.9. The minimum absolute atomic E-state index is 0.547. The van der Waals surface area contributed by atoms with Crippen LogP contribution in [0.4, 0.5) is 0 Å². The molecule has 3 aliphatic rings. The Balaban J connectivity index is 1.44. The molecule has 0 bridgehead atoms. The summed E-state index contributed by atoms with van der Waals surface area (Å²) in [6, 6.07) is 2.92. The molecule has 3 rings (SSSR count). The van der Waals surface area contributed by atoms with E-state index in [2.05, 4.69) is 41.3 Å². The fourth-order valence-corrected chi connectivity index (χ4v) is 4.44. The molecular weight excluding hydrogens is 298 g/mol. The summed E-state index contributed by atoms with van der Waals surface area (Å²) in [6.45, 7) is 8.58. The minimum atomic E-state index is 0.547. The number of rotatable bonds is 7. The van der Waals surface area contributed by atoms with Crippen molar-refractivity contribution in [1.29, 1.82) is 0 Å². The van der Waals surface area contributed by atoms with Gasteiger partial charge in [-0.3, -0.25) is 9.89 Å². The predicted octanol–water partition coefficient (Wildman–Crippen LogP) is 2.04. The van der Waals surface area contributed by atoms with Gasteiger partial charge in [-0.25, -0.2) is 0 Å². The second kappa shape index (κ2) is 8.52. The van der Waals surface area contributed by atoms with E-state index in [1.54, 1.807) is 0 Å². The lowest BCUT2D eigenvalue weighted by Gasteiger charge is -2.23. The SMILES string of the molecule is CCNC(=NCCN(C)C1CCCC1)NC1CC(C)N(C2CC2)C1. The molecule has 2 aliphatic carbocycles. The van der Waals surface area contributed by atoms with Gasteiger partial charge in [0.25, 0.3) is 0 Å². The van der Waals surface area contributed by atoms with Crippen molar-refractivity contribution in [2.45, 2.75) is 83.0 Å². The van der Waals surface area contributed by atoms with Gasteiger partial charge in [0.1, 0.15) is 0 Å². The van der Waals surface area contributed by atoms with Crippen LogP contribution in [0.25, 0.3) is 0 Å². The first kappa shape index (κ1) is 18.0. The summed E-state index contributed by atoms with van der Waals surface area (Å²) in [5, 5.41) is 7.11. The molecule has 2 saturated carbocycles. The number of nitrogens with zero attached hydrogens (tertiary/aromatic N) is 3. The molecule has 5 nitrogen and oxygen atoms in total. The highest BCUT2D eigenvalue weighted by molar-refractivity contribution is 5.80. The Morgan fingerprint density at radius 2 is 1.96 bits per heavy atom. The molecule has 0 radical (unpaired) electrons. The van der Waals surface area contributed by atoms with E-state index in [0.29, 0.717) is 12.1 Å². The second-order valence-electron chi connectivity index (χ2n) is 8.03. The van der Waals surface area contributed by atoms with E-state index in [1.165, 1.54) is 51.5 Å². The molecule has 1 aliphatic heterocycles. The van der Waals surface area contributed by atoms with Gasteiger partial charge in [-0.15, -0.1) is 0 Å². The van der Waals surface area contributed by atoms with Crippen LogP contribution in [0.3, 0.4) is 0 Å². The second-order valence-corrected chi connectivity index (χ2v) is 8.03. The molecular formula is C19H37N5. The fraction of sp³-hybridized carbons (Fsp3) is 0.947. The van der Waals surface area contributed by atoms with Crippen LogP contribution in [-0.4, -0.2) is 73.2 Å². The number of likely N-dealkylation sites (tertiary alicyclic amines) is 1. The van der Waals surface area contributed by atoms with Crippen molar-refractivity contribution in [1.82, 2.24) is 20.4 Å². The Morgan fingerprint density at radius 1 is 1.21 bits per heavy atom. The van der Waals surface area contributed by atoms with Crippen molar-refractivity contribution >= 4 is 5.96 Å². The maximum Gasteiger partial charge on any atom is 0.191 e. The number of likely N-dealkylation sites (N-methyl/N-ethyl adjacent to an activating group) is 1. The molecule has 24 heavy (non-hydrogen) atoms. The van der Waals surface area contributed by atoms with Crippen LogP contribution < -0.4 is 10.6 Å². The van der Waals surface area contributed by atoms with E-state index in [1.807, 2.05) is 0 Å². The maximum absolute atomic E-state index is 4.83. The standard InChI is InChI=1S/C19H37N5/c1-4-20-19(21-11-12-23(3)17-7-5-6-8-17)22-16-13-15(2)24(14-16)18-9-10-18/h15-18H,4-14H2,1-3H3,(H2,20,21,22). The average Bonchev–Trinajstić information content (AvgIpc) is 3.11. The van der Waals surface area contributed by atoms with Crippen molar-refractivity contribution in [3.63, 3.8) is 0 Å². The molecule has 2 N–H and O–H groups in total. The van der Waals surface area contributed by atoms with E-state index < -0.39 is 0 Å². The summed E-state index contributed by atoms with van der Waals surface area (Å²) >= 11 is 0. The first-order valence-corrected chi connectivity index (χ1v) is 10.2. The molecule has 0 aromatic carbocycles. The summed E-state index contributed by atoms with van der Waals surface area (Å²) < 4.78 is 0. The quantitative estimate of drug-likeness (QED) is 0.552. The molecule has 0 aromatic heterocycles. The third-order valence-electron chi connectivity index (χ3n) is 5.99. The van der Waals surface area contributed by atoms with Gasteiger partial charge in [-0.1, -0.05) is 12.8 Å². The van der Waals surface area contributed by atoms with Crippen molar-refractivity contribution in [3.8, 4) is 0 Å². The third-order valence-corrected chi connectivity index (χ3v) is 5.99. The summed E-state index contributed by atoms with van der Waals surface area (Å²) in [5.74, 6) is 1.01. The van der Waals surface area contributed by atoms with Gasteiger partial charge in [0, 0.05) is 43.8 Å². The van der Waals surface area contributed by atoms with Gasteiger partial charge < -0.3 is 15.5 Å². The zero-order valence-electron chi connectivity index (χ0n) is 15.9. The van der Waals surface area contributed by atoms with Crippen LogP contribution in [0.15, 0.2) is 4.99 Å². The summed E-state index contributed by atoms with van der Waals surface area (Å²) in [5.41, 5.74) is 0. The van der Waals surface area contributed by atoms with Gasteiger partial charge in [0.05, 0.1) is 6.54 Å². The average molecular weight is 336 g/mol. The molecule has 138 valence electrons. The first-order valence-electron chi connectivity index (χ1n) is 10.2. The van der Waals surface area contributed by atoms with Crippen molar-refractivity contribution in [2.24, 2.45) is 4.99 Å². The maximum atomic E-state index is 4.83. The number of hydrogen-bond donors (Lipinski definition) is 2. The first-order chi connectivity index (χ1) is 11.7. The molecule has 0 aromatic rings. The molecule has 2 atom stereocenters. The third kappa shape index (κ3) is 4.85. The Kier molecular flexibility index (Phi) is 6.39. The number of aliphatic imine (C=N–C) groups is 1. The van der Waals surface area contributed by atoms with Crippen molar-refractivity contribution in [2.75, 3.05) is 33.2 Å². The molecule has 0 amide bonds. The lowest BCUT2D eigenvalue weighted by molar-refractivity contribution is 0.252. The smallest absolute Gasteiger partial charge is 0.191 e. The van der Waals surface area contributed by atoms with Gasteiger partial charge in [-0.2, -0.15) is 0 Å². The van der Waals surface area contributed by atoms with E-state index >= 15 is 0 Å². The summed E-state index contributed by atoms with van der Waals surface area (Å²) in [7, 11) is 2.26. The van der Waals surface area contributed by atoms with Crippen LogP contribution in [0.1, 0.15) is 58.8 Å². The highest BCUT2D eigenvalue weighted by Gasteiger charge is 2.38. The van der Waals surface area contributed by atoms with E-state index in [-0.39, 0.29) is 0 Å². The zero-order valence-corrected chi connectivity index (χ0v) is 15.9. The van der Waals surface area contributed by atoms with Gasteiger partial charge in [-0.05, 0) is 53.0 Å². The highest BCUT2D eigenvalue weighted by Crippen LogP contribution is 2.33. The Bertz CT molecular complexity index is 414. The van der Waals surface area contributed by atoms with E-state index in [0.717, 1.165) is 37.7 Å². The normalized spacial score (nSPS) is 29.6. The Morgan fingerprint density at radius 3 is 2.62 bits per heavy atom. The predicted molar refractivity (Wildman–Crippen MR) is 102 cm³/mol. The number of hydrogen-bond acceptors (Lipinski definition) is 3.